The van der Waals surface area contributed by atoms with Crippen molar-refractivity contribution in [3.05, 3.63) is 200 Å². The highest BCUT2D eigenvalue weighted by Crippen LogP contribution is 2.51. The molecule has 3 nitrogen and oxygen atoms in total. The Morgan fingerprint density at radius 2 is 0.825 bits per heavy atom. The zero-order valence-corrected chi connectivity index (χ0v) is 30.9. The number of hydrogen-bond donors (Lipinski definition) is 0. The first-order chi connectivity index (χ1) is 28.3. The Balaban J connectivity index is 1.23. The van der Waals surface area contributed by atoms with Gasteiger partial charge in [-0.15, -0.1) is 0 Å². The van der Waals surface area contributed by atoms with Crippen LogP contribution in [0.5, 0.6) is 0 Å². The van der Waals surface area contributed by atoms with Crippen molar-refractivity contribution in [3.63, 3.8) is 0 Å². The van der Waals surface area contributed by atoms with Gasteiger partial charge in [-0.25, -0.2) is 0 Å². The number of para-hydroxylation sites is 3. The maximum absolute atomic E-state index is 2.58. The minimum Gasteiger partial charge on any atom is -0.310 e. The van der Waals surface area contributed by atoms with Crippen molar-refractivity contribution >= 4 is 93.3 Å². The molecule has 9 aromatic carbocycles. The van der Waals surface area contributed by atoms with Crippen molar-refractivity contribution in [1.82, 2.24) is 8.80 Å². The van der Waals surface area contributed by atoms with Crippen LogP contribution in [0.15, 0.2) is 200 Å². The summed E-state index contributed by atoms with van der Waals surface area (Å²) in [6, 6.07) is 73.5. The Kier molecular flexibility index (Phi) is 6.16. The van der Waals surface area contributed by atoms with Crippen LogP contribution in [0, 0.1) is 0 Å². The van der Waals surface area contributed by atoms with E-state index >= 15 is 0 Å². The van der Waals surface area contributed by atoms with Gasteiger partial charge in [-0.1, -0.05) is 127 Å². The standard InChI is InChI=1S/C54H33N3/c1-5-15-34(16-6-1)36-25-28-47-43(31-36)44-32-37(35-17-7-2-8-18-35)33-45-51-49(56(47)52(44)45)30-27-42-50-48(55(38-19-9-3-10-20-38)39-21-11-4-12-22-39)29-26-41-40-23-13-14-24-46(40)57(53(41)50)54(42)51/h1-33H. The molecule has 57 heavy (non-hydrogen) atoms. The molecule has 0 aliphatic rings. The lowest BCUT2D eigenvalue weighted by atomic mass is 9.97. The van der Waals surface area contributed by atoms with Crippen molar-refractivity contribution in [1.29, 1.82) is 0 Å². The fourth-order valence-electron chi connectivity index (χ4n) is 9.97. The third kappa shape index (κ3) is 4.15. The Morgan fingerprint density at radius 3 is 1.54 bits per heavy atom. The van der Waals surface area contributed by atoms with Crippen LogP contribution in [-0.4, -0.2) is 8.80 Å². The summed E-state index contributed by atoms with van der Waals surface area (Å²) in [6.45, 7) is 0. The van der Waals surface area contributed by atoms with Gasteiger partial charge in [0, 0.05) is 54.5 Å². The summed E-state index contributed by atoms with van der Waals surface area (Å²) in [5.74, 6) is 0. The second-order valence-corrected chi connectivity index (χ2v) is 15.3. The van der Waals surface area contributed by atoms with Gasteiger partial charge in [0.15, 0.2) is 0 Å². The predicted octanol–water partition coefficient (Wildman–Crippen LogP) is 14.8. The van der Waals surface area contributed by atoms with Gasteiger partial charge >= 0.3 is 0 Å². The molecule has 13 rings (SSSR count). The third-order valence-corrected chi connectivity index (χ3v) is 12.3. The zero-order valence-electron chi connectivity index (χ0n) is 30.9. The fourth-order valence-corrected chi connectivity index (χ4v) is 9.97. The molecule has 0 aliphatic carbocycles. The quantitative estimate of drug-likeness (QED) is 0.172. The molecule has 4 heterocycles. The van der Waals surface area contributed by atoms with E-state index in [1.54, 1.807) is 0 Å². The van der Waals surface area contributed by atoms with Crippen molar-refractivity contribution in [2.45, 2.75) is 0 Å². The number of nitrogens with zero attached hydrogens (tertiary/aromatic N) is 3. The normalized spacial score (nSPS) is 12.2. The number of fused-ring (bicyclic) bond motifs is 13. The van der Waals surface area contributed by atoms with Crippen molar-refractivity contribution in [3.8, 4) is 22.3 Å². The average Bonchev–Trinajstić information content (AvgIpc) is 4.01. The molecule has 0 bridgehead atoms. The Morgan fingerprint density at radius 1 is 0.281 bits per heavy atom. The van der Waals surface area contributed by atoms with Gasteiger partial charge in [0.05, 0.1) is 38.8 Å². The molecule has 0 spiro atoms. The molecule has 4 aromatic heterocycles. The zero-order chi connectivity index (χ0) is 37.2. The molecule has 0 fully saturated rings. The summed E-state index contributed by atoms with van der Waals surface area (Å²) >= 11 is 0. The monoisotopic (exact) mass is 723 g/mol. The maximum Gasteiger partial charge on any atom is 0.0642 e. The van der Waals surface area contributed by atoms with Gasteiger partial charge in [-0.05, 0) is 95.1 Å². The third-order valence-electron chi connectivity index (χ3n) is 12.3. The van der Waals surface area contributed by atoms with E-state index in [0.717, 1.165) is 11.4 Å². The first kappa shape index (κ1) is 30.7. The lowest BCUT2D eigenvalue weighted by molar-refractivity contribution is 1.30. The number of hydrogen-bond acceptors (Lipinski definition) is 1. The molecular formula is C54H33N3. The van der Waals surface area contributed by atoms with Crippen molar-refractivity contribution < 1.29 is 0 Å². The summed E-state index contributed by atoms with van der Waals surface area (Å²) in [5.41, 5.74) is 15.8. The van der Waals surface area contributed by atoms with Gasteiger partial charge in [0.25, 0.3) is 0 Å². The Labute approximate surface area is 328 Å². The molecule has 3 heteroatoms. The average molecular weight is 724 g/mol. The number of rotatable bonds is 5. The first-order valence-corrected chi connectivity index (χ1v) is 19.7. The summed E-state index contributed by atoms with van der Waals surface area (Å²) in [6.07, 6.45) is 0. The predicted molar refractivity (Wildman–Crippen MR) is 241 cm³/mol. The molecule has 13 aromatic rings. The van der Waals surface area contributed by atoms with Crippen LogP contribution in [0.25, 0.3) is 98.4 Å². The summed E-state index contributed by atoms with van der Waals surface area (Å²) in [5, 5.41) is 10.2. The van der Waals surface area contributed by atoms with Crippen LogP contribution < -0.4 is 4.90 Å². The molecule has 0 saturated carbocycles. The summed E-state index contributed by atoms with van der Waals surface area (Å²) in [4.78, 5) is 2.43. The van der Waals surface area contributed by atoms with E-state index in [2.05, 4.69) is 214 Å². The topological polar surface area (TPSA) is 12.1 Å². The molecule has 0 aliphatic heterocycles. The van der Waals surface area contributed by atoms with Gasteiger partial charge in [-0.2, -0.15) is 0 Å². The highest BCUT2D eigenvalue weighted by atomic mass is 15.1. The van der Waals surface area contributed by atoms with Crippen LogP contribution >= 0.6 is 0 Å². The molecule has 0 unspecified atom stereocenters. The minimum atomic E-state index is 1.13. The number of benzene rings is 9. The van der Waals surface area contributed by atoms with E-state index in [4.69, 9.17) is 0 Å². The second kappa shape index (κ2) is 11.5. The van der Waals surface area contributed by atoms with E-state index in [-0.39, 0.29) is 0 Å². The van der Waals surface area contributed by atoms with Crippen LogP contribution in [0.3, 0.4) is 0 Å². The Bertz CT molecular complexity index is 3620. The number of anilines is 3. The molecule has 0 amide bonds. The largest absolute Gasteiger partial charge is 0.310 e. The smallest absolute Gasteiger partial charge is 0.0642 e. The van der Waals surface area contributed by atoms with E-state index in [1.807, 2.05) is 0 Å². The summed E-state index contributed by atoms with van der Waals surface area (Å²) in [7, 11) is 0. The fraction of sp³-hybridized carbons (Fsp3) is 0. The van der Waals surface area contributed by atoms with Crippen molar-refractivity contribution in [2.24, 2.45) is 0 Å². The SMILES string of the molecule is c1ccc(-c2ccc3c(c2)c2cc(-c4ccccc4)cc4c5c(ccc6c7c(N(c8ccccc8)c8ccccc8)ccc8c9ccccc9n(c87)c65)n3c24)cc1. The molecule has 0 N–H and O–H groups in total. The lowest BCUT2D eigenvalue weighted by Gasteiger charge is -2.26. The first-order valence-electron chi connectivity index (χ1n) is 19.7. The van der Waals surface area contributed by atoms with E-state index in [0.29, 0.717) is 0 Å². The van der Waals surface area contributed by atoms with E-state index in [1.165, 1.54) is 104 Å². The minimum absolute atomic E-state index is 1.13. The van der Waals surface area contributed by atoms with Gasteiger partial charge in [-0.3, -0.25) is 0 Å². The molecule has 0 saturated heterocycles. The van der Waals surface area contributed by atoms with Gasteiger partial charge in [0.2, 0.25) is 0 Å². The number of aromatic nitrogens is 2. The maximum atomic E-state index is 2.58. The van der Waals surface area contributed by atoms with Crippen LogP contribution in [0.4, 0.5) is 17.1 Å². The highest BCUT2D eigenvalue weighted by Gasteiger charge is 2.28. The van der Waals surface area contributed by atoms with Gasteiger partial charge in [0.1, 0.15) is 0 Å². The Hall–Kier alpha value is -7.62. The van der Waals surface area contributed by atoms with Crippen LogP contribution in [-0.2, 0) is 0 Å². The summed E-state index contributed by atoms with van der Waals surface area (Å²) < 4.78 is 5.11. The van der Waals surface area contributed by atoms with Crippen molar-refractivity contribution in [2.75, 3.05) is 4.90 Å². The van der Waals surface area contributed by atoms with Crippen LogP contribution in [0.2, 0.25) is 0 Å². The molecule has 264 valence electrons. The molecule has 0 atom stereocenters. The van der Waals surface area contributed by atoms with E-state index < -0.39 is 0 Å². The van der Waals surface area contributed by atoms with Crippen LogP contribution in [0.1, 0.15) is 0 Å². The molecular weight excluding hydrogens is 691 g/mol. The van der Waals surface area contributed by atoms with Gasteiger partial charge < -0.3 is 13.7 Å². The van der Waals surface area contributed by atoms with E-state index in [9.17, 15) is 0 Å². The second-order valence-electron chi connectivity index (χ2n) is 15.3. The lowest BCUT2D eigenvalue weighted by Crippen LogP contribution is -2.10. The molecule has 0 radical (unpaired) electrons. The highest BCUT2D eigenvalue weighted by molar-refractivity contribution is 6.35.